The van der Waals surface area contributed by atoms with Gasteiger partial charge in [0.25, 0.3) is 5.91 Å². The zero-order chi connectivity index (χ0) is 12.3. The van der Waals surface area contributed by atoms with Crippen molar-refractivity contribution in [1.82, 2.24) is 5.32 Å². The Bertz CT molecular complexity index is 412. The number of benzene rings is 1. The van der Waals surface area contributed by atoms with E-state index in [1.165, 1.54) is 18.4 Å². The van der Waals surface area contributed by atoms with Gasteiger partial charge >= 0.3 is 0 Å². The van der Waals surface area contributed by atoms with Crippen LogP contribution in [0.25, 0.3) is 0 Å². The van der Waals surface area contributed by atoms with E-state index in [2.05, 4.69) is 24.4 Å². The molecule has 0 aliphatic carbocycles. The highest BCUT2D eigenvalue weighted by atomic mass is 32.1. The van der Waals surface area contributed by atoms with Gasteiger partial charge in [-0.1, -0.05) is 25.5 Å². The van der Waals surface area contributed by atoms with Crippen molar-refractivity contribution < 1.29 is 4.79 Å². The maximum atomic E-state index is 11.6. The van der Waals surface area contributed by atoms with E-state index < -0.39 is 0 Å². The van der Waals surface area contributed by atoms with Crippen molar-refractivity contribution in [2.75, 3.05) is 11.4 Å². The van der Waals surface area contributed by atoms with Crippen molar-refractivity contribution >= 4 is 28.9 Å². The number of hydrogen-bond acceptors (Lipinski definition) is 2. The van der Waals surface area contributed by atoms with E-state index in [0.717, 1.165) is 12.1 Å². The number of carbonyl (C=O) groups is 1. The minimum absolute atomic E-state index is 0.0105. The zero-order valence-electron chi connectivity index (χ0n) is 9.90. The first-order valence-corrected chi connectivity index (χ1v) is 6.33. The highest BCUT2D eigenvalue weighted by molar-refractivity contribution is 7.80. The summed E-state index contributed by atoms with van der Waals surface area (Å²) in [6.45, 7) is 2.48. The highest BCUT2D eigenvalue weighted by Crippen LogP contribution is 2.18. The number of hydrogen-bond donors (Lipinski definition) is 1. The highest BCUT2D eigenvalue weighted by Gasteiger charge is 2.26. The Kier molecular flexibility index (Phi) is 3.74. The van der Waals surface area contributed by atoms with Crippen LogP contribution in [0.5, 0.6) is 0 Å². The lowest BCUT2D eigenvalue weighted by Gasteiger charge is -2.14. The van der Waals surface area contributed by atoms with Crippen LogP contribution >= 0.6 is 12.2 Å². The van der Waals surface area contributed by atoms with Gasteiger partial charge in [-0.25, -0.2) is 0 Å². The summed E-state index contributed by atoms with van der Waals surface area (Å²) in [4.78, 5) is 13.2. The standard InChI is InChI=1S/C13H16N2OS/c1-2-3-4-10-5-7-11(8-6-10)15-12(16)9-14-13(15)17/h5-8H,2-4,9H2,1H3,(H,14,17). The molecule has 1 aliphatic rings. The number of thiocarbonyl (C=S) groups is 1. The minimum atomic E-state index is 0.0105. The molecule has 1 heterocycles. The molecule has 0 unspecified atom stereocenters. The molecule has 3 nitrogen and oxygen atoms in total. The molecular formula is C13H16N2OS. The Morgan fingerprint density at radius 3 is 2.59 bits per heavy atom. The Morgan fingerprint density at radius 1 is 1.35 bits per heavy atom. The molecule has 0 spiro atoms. The lowest BCUT2D eigenvalue weighted by atomic mass is 10.1. The van der Waals surface area contributed by atoms with Crippen LogP contribution in [-0.4, -0.2) is 17.6 Å². The number of amides is 1. The molecule has 4 heteroatoms. The molecule has 2 rings (SSSR count). The van der Waals surface area contributed by atoms with Crippen LogP contribution in [0, 0.1) is 0 Å². The van der Waals surface area contributed by atoms with E-state index in [1.807, 2.05) is 12.1 Å². The first-order valence-electron chi connectivity index (χ1n) is 5.92. The maximum absolute atomic E-state index is 11.6. The fourth-order valence-electron chi connectivity index (χ4n) is 1.88. The molecule has 1 aliphatic heterocycles. The fraction of sp³-hybridized carbons (Fsp3) is 0.385. The summed E-state index contributed by atoms with van der Waals surface area (Å²) >= 11 is 5.10. The fourth-order valence-corrected chi connectivity index (χ4v) is 2.16. The third-order valence-electron chi connectivity index (χ3n) is 2.86. The van der Waals surface area contributed by atoms with Crippen LogP contribution in [-0.2, 0) is 11.2 Å². The number of carbonyl (C=O) groups excluding carboxylic acids is 1. The number of nitrogens with zero attached hydrogens (tertiary/aromatic N) is 1. The first kappa shape index (κ1) is 12.0. The number of rotatable bonds is 4. The van der Waals surface area contributed by atoms with Gasteiger partial charge in [-0.3, -0.25) is 9.69 Å². The molecule has 0 saturated carbocycles. The average Bonchev–Trinajstić information content (AvgIpc) is 2.67. The summed E-state index contributed by atoms with van der Waals surface area (Å²) in [5.41, 5.74) is 2.16. The van der Waals surface area contributed by atoms with E-state index in [1.54, 1.807) is 4.90 Å². The molecule has 1 N–H and O–H groups in total. The molecule has 1 fully saturated rings. The minimum Gasteiger partial charge on any atom is -0.353 e. The predicted octanol–water partition coefficient (Wildman–Crippen LogP) is 2.25. The summed E-state index contributed by atoms with van der Waals surface area (Å²) in [6, 6.07) is 8.06. The number of anilines is 1. The lowest BCUT2D eigenvalue weighted by molar-refractivity contribution is -0.115. The molecule has 0 bridgehead atoms. The quantitative estimate of drug-likeness (QED) is 0.829. The zero-order valence-corrected chi connectivity index (χ0v) is 10.7. The van der Waals surface area contributed by atoms with Crippen molar-refractivity contribution in [3.8, 4) is 0 Å². The Morgan fingerprint density at radius 2 is 2.06 bits per heavy atom. The second-order valence-corrected chi connectivity index (χ2v) is 4.54. The van der Waals surface area contributed by atoms with Gasteiger partial charge in [-0.05, 0) is 42.8 Å². The molecule has 0 aromatic heterocycles. The molecular weight excluding hydrogens is 232 g/mol. The van der Waals surface area contributed by atoms with Gasteiger partial charge in [0, 0.05) is 0 Å². The van der Waals surface area contributed by atoms with Gasteiger partial charge in [-0.15, -0.1) is 0 Å². The summed E-state index contributed by atoms with van der Waals surface area (Å²) < 4.78 is 0. The van der Waals surface area contributed by atoms with Gasteiger partial charge in [0.15, 0.2) is 5.11 Å². The van der Waals surface area contributed by atoms with Gasteiger partial charge in [0.05, 0.1) is 12.2 Å². The van der Waals surface area contributed by atoms with Crippen molar-refractivity contribution in [1.29, 1.82) is 0 Å². The third kappa shape index (κ3) is 2.64. The molecule has 1 aromatic rings. The summed E-state index contributed by atoms with van der Waals surface area (Å²) in [5, 5.41) is 3.37. The van der Waals surface area contributed by atoms with E-state index in [0.29, 0.717) is 11.7 Å². The van der Waals surface area contributed by atoms with E-state index in [9.17, 15) is 4.79 Å². The second kappa shape index (κ2) is 5.27. The first-order chi connectivity index (χ1) is 8.22. The van der Waals surface area contributed by atoms with Gasteiger partial charge in [0.2, 0.25) is 0 Å². The number of unbranched alkanes of at least 4 members (excludes halogenated alkanes) is 1. The van der Waals surface area contributed by atoms with Gasteiger partial charge in [-0.2, -0.15) is 0 Å². The van der Waals surface area contributed by atoms with Crippen LogP contribution in [0.1, 0.15) is 25.3 Å². The van der Waals surface area contributed by atoms with Crippen LogP contribution in [0.2, 0.25) is 0 Å². The topological polar surface area (TPSA) is 32.3 Å². The average molecular weight is 248 g/mol. The molecule has 17 heavy (non-hydrogen) atoms. The van der Waals surface area contributed by atoms with Crippen molar-refractivity contribution in [3.63, 3.8) is 0 Å². The Labute approximate surface area is 107 Å². The Hall–Kier alpha value is -1.42. The molecule has 1 saturated heterocycles. The van der Waals surface area contributed by atoms with Gasteiger partial charge in [0.1, 0.15) is 0 Å². The van der Waals surface area contributed by atoms with E-state index in [-0.39, 0.29) is 5.91 Å². The number of nitrogens with one attached hydrogen (secondary N) is 1. The molecule has 1 amide bonds. The normalized spacial score (nSPS) is 15.2. The van der Waals surface area contributed by atoms with Crippen LogP contribution in [0.4, 0.5) is 5.69 Å². The van der Waals surface area contributed by atoms with Gasteiger partial charge < -0.3 is 5.32 Å². The smallest absolute Gasteiger partial charge is 0.252 e. The molecule has 1 aromatic carbocycles. The summed E-state index contributed by atoms with van der Waals surface area (Å²) in [6.07, 6.45) is 3.48. The molecule has 0 atom stereocenters. The lowest BCUT2D eigenvalue weighted by Crippen LogP contribution is -2.30. The Balaban J connectivity index is 2.12. The third-order valence-corrected chi connectivity index (χ3v) is 3.18. The molecule has 90 valence electrons. The monoisotopic (exact) mass is 248 g/mol. The summed E-state index contributed by atoms with van der Waals surface area (Å²) in [5.74, 6) is 0.0105. The van der Waals surface area contributed by atoms with Crippen molar-refractivity contribution in [3.05, 3.63) is 29.8 Å². The van der Waals surface area contributed by atoms with Crippen LogP contribution < -0.4 is 10.2 Å². The predicted molar refractivity (Wildman–Crippen MR) is 73.1 cm³/mol. The van der Waals surface area contributed by atoms with Crippen LogP contribution in [0.15, 0.2) is 24.3 Å². The van der Waals surface area contributed by atoms with E-state index in [4.69, 9.17) is 12.2 Å². The van der Waals surface area contributed by atoms with Crippen molar-refractivity contribution in [2.45, 2.75) is 26.2 Å². The number of aryl methyl sites for hydroxylation is 1. The largest absolute Gasteiger partial charge is 0.353 e. The van der Waals surface area contributed by atoms with Crippen molar-refractivity contribution in [2.24, 2.45) is 0 Å². The maximum Gasteiger partial charge on any atom is 0.252 e. The summed E-state index contributed by atoms with van der Waals surface area (Å²) in [7, 11) is 0. The van der Waals surface area contributed by atoms with E-state index >= 15 is 0 Å². The SMILES string of the molecule is CCCCc1ccc(N2C(=O)CNC2=S)cc1. The van der Waals surface area contributed by atoms with Crippen LogP contribution in [0.3, 0.4) is 0 Å². The second-order valence-electron chi connectivity index (χ2n) is 4.16. The molecule has 0 radical (unpaired) electrons.